The SMILES string of the molecule is C=C1C(=O)Oc2c(OC)cccc2C1C. The van der Waals surface area contributed by atoms with Crippen molar-refractivity contribution in [1.82, 2.24) is 0 Å². The van der Waals surface area contributed by atoms with Crippen molar-refractivity contribution in [3.05, 3.63) is 35.9 Å². The molecule has 1 unspecified atom stereocenters. The first-order valence-electron chi connectivity index (χ1n) is 4.73. The molecule has 1 aliphatic rings. The van der Waals surface area contributed by atoms with Crippen molar-refractivity contribution < 1.29 is 14.3 Å². The Morgan fingerprint density at radius 2 is 2.20 bits per heavy atom. The van der Waals surface area contributed by atoms with Gasteiger partial charge in [0, 0.05) is 17.1 Å². The van der Waals surface area contributed by atoms with Crippen molar-refractivity contribution in [2.75, 3.05) is 7.11 Å². The second-order valence-corrected chi connectivity index (χ2v) is 3.52. The van der Waals surface area contributed by atoms with Gasteiger partial charge in [0.2, 0.25) is 0 Å². The van der Waals surface area contributed by atoms with Crippen LogP contribution in [0.15, 0.2) is 30.4 Å². The largest absolute Gasteiger partial charge is 0.493 e. The average molecular weight is 204 g/mol. The lowest BCUT2D eigenvalue weighted by Gasteiger charge is -2.24. The first kappa shape index (κ1) is 9.77. The molecular weight excluding hydrogens is 192 g/mol. The van der Waals surface area contributed by atoms with Crippen LogP contribution in [0.1, 0.15) is 18.4 Å². The van der Waals surface area contributed by atoms with E-state index in [-0.39, 0.29) is 11.9 Å². The topological polar surface area (TPSA) is 35.5 Å². The molecule has 0 aliphatic carbocycles. The summed E-state index contributed by atoms with van der Waals surface area (Å²) in [5, 5.41) is 0. The van der Waals surface area contributed by atoms with Gasteiger partial charge in [0.05, 0.1) is 7.11 Å². The minimum absolute atomic E-state index is 0.0173. The summed E-state index contributed by atoms with van der Waals surface area (Å²) in [6.07, 6.45) is 0. The number of hydrogen-bond acceptors (Lipinski definition) is 3. The van der Waals surface area contributed by atoms with Crippen molar-refractivity contribution in [3.63, 3.8) is 0 Å². The van der Waals surface area contributed by atoms with Gasteiger partial charge in [-0.15, -0.1) is 0 Å². The van der Waals surface area contributed by atoms with Gasteiger partial charge in [-0.2, -0.15) is 0 Å². The van der Waals surface area contributed by atoms with E-state index in [1.807, 2.05) is 19.1 Å². The molecule has 0 aromatic heterocycles. The molecule has 15 heavy (non-hydrogen) atoms. The number of hydrogen-bond donors (Lipinski definition) is 0. The minimum Gasteiger partial charge on any atom is -0.493 e. The van der Waals surface area contributed by atoms with Crippen LogP contribution in [0.25, 0.3) is 0 Å². The molecule has 0 radical (unpaired) electrons. The maximum Gasteiger partial charge on any atom is 0.339 e. The smallest absolute Gasteiger partial charge is 0.339 e. The molecule has 1 aliphatic heterocycles. The lowest BCUT2D eigenvalue weighted by atomic mass is 9.91. The fourth-order valence-electron chi connectivity index (χ4n) is 1.67. The second kappa shape index (κ2) is 3.42. The van der Waals surface area contributed by atoms with Crippen LogP contribution in [0.3, 0.4) is 0 Å². The average Bonchev–Trinajstić information content (AvgIpc) is 2.25. The molecule has 0 saturated carbocycles. The Hall–Kier alpha value is -1.77. The van der Waals surface area contributed by atoms with E-state index >= 15 is 0 Å². The molecule has 3 nitrogen and oxygen atoms in total. The van der Waals surface area contributed by atoms with Crippen LogP contribution in [-0.4, -0.2) is 13.1 Å². The highest BCUT2D eigenvalue weighted by Gasteiger charge is 2.29. The Kier molecular flexibility index (Phi) is 2.23. The quantitative estimate of drug-likeness (QED) is 0.400. The molecule has 0 bridgehead atoms. The third kappa shape index (κ3) is 1.40. The maximum absolute atomic E-state index is 11.5. The first-order valence-corrected chi connectivity index (χ1v) is 4.73. The Morgan fingerprint density at radius 1 is 1.47 bits per heavy atom. The van der Waals surface area contributed by atoms with Crippen LogP contribution in [0.5, 0.6) is 11.5 Å². The van der Waals surface area contributed by atoms with Crippen molar-refractivity contribution in [2.45, 2.75) is 12.8 Å². The zero-order chi connectivity index (χ0) is 11.0. The summed E-state index contributed by atoms with van der Waals surface area (Å²) in [5.41, 5.74) is 1.43. The van der Waals surface area contributed by atoms with Crippen LogP contribution >= 0.6 is 0 Å². The molecule has 2 rings (SSSR count). The van der Waals surface area contributed by atoms with Gasteiger partial charge < -0.3 is 9.47 Å². The number of para-hydroxylation sites is 1. The zero-order valence-corrected chi connectivity index (χ0v) is 8.74. The number of ether oxygens (including phenoxy) is 2. The minimum atomic E-state index is -0.375. The van der Waals surface area contributed by atoms with E-state index in [0.29, 0.717) is 17.1 Å². The monoisotopic (exact) mass is 204 g/mol. The number of fused-ring (bicyclic) bond motifs is 1. The molecule has 0 fully saturated rings. The molecule has 0 amide bonds. The number of methoxy groups -OCH3 is 1. The Labute approximate surface area is 88.3 Å². The summed E-state index contributed by atoms with van der Waals surface area (Å²) < 4.78 is 10.3. The molecule has 1 aromatic rings. The van der Waals surface area contributed by atoms with Crippen LogP contribution in [-0.2, 0) is 4.79 Å². The van der Waals surface area contributed by atoms with E-state index in [1.54, 1.807) is 13.2 Å². The van der Waals surface area contributed by atoms with Gasteiger partial charge in [-0.05, 0) is 6.07 Å². The lowest BCUT2D eigenvalue weighted by molar-refractivity contribution is -0.131. The van der Waals surface area contributed by atoms with Crippen molar-refractivity contribution in [2.24, 2.45) is 0 Å². The zero-order valence-electron chi connectivity index (χ0n) is 8.74. The third-order valence-electron chi connectivity index (χ3n) is 2.68. The number of carbonyl (C=O) groups is 1. The summed E-state index contributed by atoms with van der Waals surface area (Å²) >= 11 is 0. The highest BCUT2D eigenvalue weighted by molar-refractivity contribution is 5.94. The lowest BCUT2D eigenvalue weighted by Crippen LogP contribution is -2.21. The highest BCUT2D eigenvalue weighted by atomic mass is 16.6. The van der Waals surface area contributed by atoms with Crippen molar-refractivity contribution in [1.29, 1.82) is 0 Å². The van der Waals surface area contributed by atoms with Gasteiger partial charge in [-0.1, -0.05) is 25.6 Å². The Balaban J connectivity index is 2.59. The van der Waals surface area contributed by atoms with E-state index in [2.05, 4.69) is 6.58 Å². The van der Waals surface area contributed by atoms with E-state index < -0.39 is 0 Å². The molecule has 78 valence electrons. The normalized spacial score (nSPS) is 19.5. The Morgan fingerprint density at radius 3 is 2.87 bits per heavy atom. The van der Waals surface area contributed by atoms with Gasteiger partial charge in [0.25, 0.3) is 0 Å². The summed E-state index contributed by atoms with van der Waals surface area (Å²) in [6, 6.07) is 5.56. The second-order valence-electron chi connectivity index (χ2n) is 3.52. The van der Waals surface area contributed by atoms with E-state index in [9.17, 15) is 4.79 Å². The van der Waals surface area contributed by atoms with Crippen molar-refractivity contribution >= 4 is 5.97 Å². The van der Waals surface area contributed by atoms with Crippen LogP contribution in [0.4, 0.5) is 0 Å². The van der Waals surface area contributed by atoms with Gasteiger partial charge in [-0.3, -0.25) is 0 Å². The van der Waals surface area contributed by atoms with Gasteiger partial charge >= 0.3 is 5.97 Å². The molecule has 0 saturated heterocycles. The predicted molar refractivity (Wildman–Crippen MR) is 56.2 cm³/mol. The number of esters is 1. The van der Waals surface area contributed by atoms with Gasteiger partial charge in [0.1, 0.15) is 0 Å². The number of rotatable bonds is 1. The predicted octanol–water partition coefficient (Wildman–Crippen LogP) is 2.27. The van der Waals surface area contributed by atoms with Crippen LogP contribution in [0, 0.1) is 0 Å². The third-order valence-corrected chi connectivity index (χ3v) is 2.68. The summed E-state index contributed by atoms with van der Waals surface area (Å²) in [7, 11) is 1.55. The van der Waals surface area contributed by atoms with E-state index in [1.165, 1.54) is 0 Å². The number of benzene rings is 1. The summed E-state index contributed by atoms with van der Waals surface area (Å²) in [6.45, 7) is 5.65. The van der Waals surface area contributed by atoms with Crippen molar-refractivity contribution in [3.8, 4) is 11.5 Å². The molecule has 3 heteroatoms. The van der Waals surface area contributed by atoms with E-state index in [4.69, 9.17) is 9.47 Å². The molecule has 1 aromatic carbocycles. The maximum atomic E-state index is 11.5. The number of carbonyl (C=O) groups excluding carboxylic acids is 1. The standard InChI is InChI=1S/C12H12O3/c1-7-8(2)12(13)15-11-9(7)5-4-6-10(11)14-3/h4-7H,2H2,1,3H3. The first-order chi connectivity index (χ1) is 7.15. The molecule has 1 atom stereocenters. The molecular formula is C12H12O3. The molecule has 0 N–H and O–H groups in total. The fourth-order valence-corrected chi connectivity index (χ4v) is 1.67. The van der Waals surface area contributed by atoms with E-state index in [0.717, 1.165) is 5.56 Å². The fraction of sp³-hybridized carbons (Fsp3) is 0.250. The van der Waals surface area contributed by atoms with Crippen LogP contribution in [0.2, 0.25) is 0 Å². The van der Waals surface area contributed by atoms with Gasteiger partial charge in [0.15, 0.2) is 11.5 Å². The summed E-state index contributed by atoms with van der Waals surface area (Å²) in [4.78, 5) is 11.5. The highest BCUT2D eigenvalue weighted by Crippen LogP contribution is 2.41. The molecule has 0 spiro atoms. The van der Waals surface area contributed by atoms with Crippen LogP contribution < -0.4 is 9.47 Å². The molecule has 1 heterocycles. The Bertz CT molecular complexity index is 434. The summed E-state index contributed by atoms with van der Waals surface area (Å²) in [5.74, 6) is 0.709. The van der Waals surface area contributed by atoms with Gasteiger partial charge in [-0.25, -0.2) is 4.79 Å².